The van der Waals surface area contributed by atoms with Crippen LogP contribution in [0.5, 0.6) is 0 Å². The first-order chi connectivity index (χ1) is 11.1. The van der Waals surface area contributed by atoms with Crippen molar-refractivity contribution in [1.29, 1.82) is 0 Å². The molecule has 0 aliphatic carbocycles. The Labute approximate surface area is 141 Å². The molecule has 0 saturated carbocycles. The van der Waals surface area contributed by atoms with Crippen molar-refractivity contribution in [2.24, 2.45) is 4.99 Å². The van der Waals surface area contributed by atoms with Gasteiger partial charge in [-0.2, -0.15) is 0 Å². The van der Waals surface area contributed by atoms with Crippen molar-refractivity contribution >= 4 is 33.9 Å². The molecule has 3 nitrogen and oxygen atoms in total. The first-order valence-corrected chi connectivity index (χ1v) is 7.91. The van der Waals surface area contributed by atoms with E-state index in [1.165, 1.54) is 12.1 Å². The van der Waals surface area contributed by atoms with Gasteiger partial charge in [0.25, 0.3) is 0 Å². The van der Waals surface area contributed by atoms with Gasteiger partial charge in [-0.3, -0.25) is 0 Å². The number of hydrogen-bond donors (Lipinski definition) is 0. The number of aryl methyl sites for hydroxylation is 1. The second kappa shape index (κ2) is 6.87. The molecular formula is C18H13BrFNO2. The summed E-state index contributed by atoms with van der Waals surface area (Å²) in [5, 5.41) is 0. The number of halogens is 2. The summed E-state index contributed by atoms with van der Waals surface area (Å²) in [6, 6.07) is 13.9. The molecule has 23 heavy (non-hydrogen) atoms. The minimum atomic E-state index is -0.463. The molecule has 1 aliphatic rings. The molecule has 0 radical (unpaired) electrons. The maximum Gasteiger partial charge on any atom is 0.363 e. The molecule has 2 aromatic rings. The topological polar surface area (TPSA) is 38.7 Å². The zero-order valence-corrected chi connectivity index (χ0v) is 13.7. The second-order valence-electron chi connectivity index (χ2n) is 5.08. The molecular weight excluding hydrogens is 361 g/mol. The standard InChI is InChI=1S/C18H13BrFNO2/c19-15-7-2-1-5-13(15)11-16-18(22)23-17(21-16)9-8-12-4-3-6-14(20)10-12/h1-7,10-11H,8-9H2/b16-11-. The highest BCUT2D eigenvalue weighted by Gasteiger charge is 2.22. The van der Waals surface area contributed by atoms with Crippen LogP contribution in [0.1, 0.15) is 17.5 Å². The van der Waals surface area contributed by atoms with Gasteiger partial charge in [-0.05, 0) is 41.8 Å². The Morgan fingerprint density at radius 3 is 2.74 bits per heavy atom. The van der Waals surface area contributed by atoms with E-state index >= 15 is 0 Å². The third-order valence-corrected chi connectivity index (χ3v) is 4.10. The largest absolute Gasteiger partial charge is 0.407 e. The van der Waals surface area contributed by atoms with Gasteiger partial charge in [0.2, 0.25) is 0 Å². The minimum absolute atomic E-state index is 0.270. The molecule has 0 unspecified atom stereocenters. The van der Waals surface area contributed by atoms with Crippen LogP contribution in [0.3, 0.4) is 0 Å². The molecule has 0 spiro atoms. The van der Waals surface area contributed by atoms with Gasteiger partial charge in [-0.25, -0.2) is 14.2 Å². The fourth-order valence-corrected chi connectivity index (χ4v) is 2.64. The maximum atomic E-state index is 13.1. The van der Waals surface area contributed by atoms with Crippen LogP contribution in [0.2, 0.25) is 0 Å². The zero-order valence-electron chi connectivity index (χ0n) is 12.1. The summed E-state index contributed by atoms with van der Waals surface area (Å²) in [6.07, 6.45) is 2.69. The van der Waals surface area contributed by atoms with Crippen molar-refractivity contribution in [2.75, 3.05) is 0 Å². The molecule has 0 amide bonds. The molecule has 0 N–H and O–H groups in total. The lowest BCUT2D eigenvalue weighted by Gasteiger charge is -2.00. The van der Waals surface area contributed by atoms with Gasteiger partial charge >= 0.3 is 5.97 Å². The summed E-state index contributed by atoms with van der Waals surface area (Å²) in [6.45, 7) is 0. The fraction of sp³-hybridized carbons (Fsp3) is 0.111. The highest BCUT2D eigenvalue weighted by Crippen LogP contribution is 2.22. The van der Waals surface area contributed by atoms with Gasteiger partial charge in [-0.1, -0.05) is 46.3 Å². The van der Waals surface area contributed by atoms with Gasteiger partial charge in [0, 0.05) is 10.9 Å². The Bertz CT molecular complexity index is 814. The van der Waals surface area contributed by atoms with Crippen molar-refractivity contribution in [3.63, 3.8) is 0 Å². The Kier molecular flexibility index (Phi) is 4.67. The van der Waals surface area contributed by atoms with Crippen LogP contribution in [0.15, 0.2) is 63.7 Å². The van der Waals surface area contributed by atoms with E-state index in [-0.39, 0.29) is 11.5 Å². The van der Waals surface area contributed by atoms with Gasteiger partial charge < -0.3 is 4.74 Å². The van der Waals surface area contributed by atoms with Crippen molar-refractivity contribution in [1.82, 2.24) is 0 Å². The summed E-state index contributed by atoms with van der Waals surface area (Å²) >= 11 is 3.43. The Morgan fingerprint density at radius 1 is 1.13 bits per heavy atom. The number of cyclic esters (lactones) is 1. The molecule has 116 valence electrons. The first kappa shape index (κ1) is 15.6. The summed E-state index contributed by atoms with van der Waals surface area (Å²) in [7, 11) is 0. The van der Waals surface area contributed by atoms with E-state index in [9.17, 15) is 9.18 Å². The summed E-state index contributed by atoms with van der Waals surface area (Å²) in [5.74, 6) is -0.380. The summed E-state index contributed by atoms with van der Waals surface area (Å²) < 4.78 is 19.2. The monoisotopic (exact) mass is 373 g/mol. The average Bonchev–Trinajstić information content (AvgIpc) is 2.88. The van der Waals surface area contributed by atoms with E-state index in [1.807, 2.05) is 30.3 Å². The Hall–Kier alpha value is -2.27. The molecule has 0 atom stereocenters. The van der Waals surface area contributed by atoms with Crippen molar-refractivity contribution in [3.05, 3.63) is 75.6 Å². The molecule has 0 saturated heterocycles. The van der Waals surface area contributed by atoms with Gasteiger partial charge in [-0.15, -0.1) is 0 Å². The fourth-order valence-electron chi connectivity index (χ4n) is 2.24. The third-order valence-electron chi connectivity index (χ3n) is 3.38. The number of esters is 1. The molecule has 3 rings (SSSR count). The quantitative estimate of drug-likeness (QED) is 0.583. The molecule has 5 heteroatoms. The van der Waals surface area contributed by atoms with Crippen molar-refractivity contribution < 1.29 is 13.9 Å². The van der Waals surface area contributed by atoms with Gasteiger partial charge in [0.15, 0.2) is 11.6 Å². The number of benzene rings is 2. The lowest BCUT2D eigenvalue weighted by atomic mass is 10.1. The van der Waals surface area contributed by atoms with Crippen LogP contribution >= 0.6 is 15.9 Å². The lowest BCUT2D eigenvalue weighted by molar-refractivity contribution is -0.130. The highest BCUT2D eigenvalue weighted by atomic mass is 79.9. The number of carbonyl (C=O) groups excluding carboxylic acids is 1. The number of aliphatic imine (C=N–C) groups is 1. The molecule has 1 aliphatic heterocycles. The Morgan fingerprint density at radius 2 is 1.96 bits per heavy atom. The normalized spacial score (nSPS) is 15.7. The van der Waals surface area contributed by atoms with Gasteiger partial charge in [0.1, 0.15) is 5.82 Å². The molecule has 0 aromatic heterocycles. The highest BCUT2D eigenvalue weighted by molar-refractivity contribution is 9.10. The summed E-state index contributed by atoms with van der Waals surface area (Å²) in [5.41, 5.74) is 1.97. The number of carbonyl (C=O) groups is 1. The lowest BCUT2D eigenvalue weighted by Crippen LogP contribution is -2.05. The minimum Gasteiger partial charge on any atom is -0.407 e. The molecule has 1 heterocycles. The van der Waals surface area contributed by atoms with E-state index in [1.54, 1.807) is 12.1 Å². The number of hydrogen-bond acceptors (Lipinski definition) is 3. The SMILES string of the molecule is O=C1OC(CCc2cccc(F)c2)=N/C1=C\c1ccccc1Br. The molecule has 0 bridgehead atoms. The predicted molar refractivity (Wildman–Crippen MR) is 90.4 cm³/mol. The van der Waals surface area contributed by atoms with E-state index in [2.05, 4.69) is 20.9 Å². The maximum absolute atomic E-state index is 13.1. The van der Waals surface area contributed by atoms with E-state index in [0.717, 1.165) is 15.6 Å². The van der Waals surface area contributed by atoms with Crippen LogP contribution in [-0.4, -0.2) is 11.9 Å². The molecule has 2 aromatic carbocycles. The van der Waals surface area contributed by atoms with Gasteiger partial charge in [0.05, 0.1) is 0 Å². The van der Waals surface area contributed by atoms with E-state index < -0.39 is 5.97 Å². The van der Waals surface area contributed by atoms with Crippen LogP contribution in [0.4, 0.5) is 4.39 Å². The molecule has 0 fully saturated rings. The average molecular weight is 374 g/mol. The Balaban J connectivity index is 1.73. The van der Waals surface area contributed by atoms with E-state index in [4.69, 9.17) is 4.74 Å². The van der Waals surface area contributed by atoms with E-state index in [0.29, 0.717) is 18.7 Å². The van der Waals surface area contributed by atoms with Crippen LogP contribution in [-0.2, 0) is 16.0 Å². The number of rotatable bonds is 4. The smallest absolute Gasteiger partial charge is 0.363 e. The first-order valence-electron chi connectivity index (χ1n) is 7.12. The summed E-state index contributed by atoms with van der Waals surface area (Å²) in [4.78, 5) is 16.1. The van der Waals surface area contributed by atoms with Crippen LogP contribution in [0.25, 0.3) is 6.08 Å². The number of nitrogens with zero attached hydrogens (tertiary/aromatic N) is 1. The van der Waals surface area contributed by atoms with Crippen LogP contribution < -0.4 is 0 Å². The third kappa shape index (κ3) is 3.93. The predicted octanol–water partition coefficient (Wildman–Crippen LogP) is 4.52. The second-order valence-corrected chi connectivity index (χ2v) is 5.93. The number of ether oxygens (including phenoxy) is 1. The van der Waals surface area contributed by atoms with Crippen LogP contribution in [0, 0.1) is 5.82 Å². The van der Waals surface area contributed by atoms with Crippen molar-refractivity contribution in [3.8, 4) is 0 Å². The van der Waals surface area contributed by atoms with Crippen molar-refractivity contribution in [2.45, 2.75) is 12.8 Å². The zero-order chi connectivity index (χ0) is 16.2.